The number of nitrogens with one attached hydrogen (secondary N) is 1. The number of aromatic nitrogens is 1. The van der Waals surface area contributed by atoms with E-state index in [9.17, 15) is 4.39 Å². The van der Waals surface area contributed by atoms with Gasteiger partial charge in [-0.1, -0.05) is 35.6 Å². The molecule has 0 saturated carbocycles. The Bertz CT molecular complexity index is 749. The molecule has 4 heteroatoms. The van der Waals surface area contributed by atoms with E-state index in [1.165, 1.54) is 22.4 Å². The second kappa shape index (κ2) is 5.82. The van der Waals surface area contributed by atoms with Crippen molar-refractivity contribution < 1.29 is 4.39 Å². The maximum atomic E-state index is 12.9. The van der Waals surface area contributed by atoms with Crippen molar-refractivity contribution in [2.45, 2.75) is 26.3 Å². The number of hydrogen-bond acceptors (Lipinski definition) is 3. The van der Waals surface area contributed by atoms with E-state index in [1.54, 1.807) is 11.3 Å². The van der Waals surface area contributed by atoms with Crippen molar-refractivity contribution in [2.24, 2.45) is 0 Å². The quantitative estimate of drug-likeness (QED) is 0.749. The van der Waals surface area contributed by atoms with Crippen molar-refractivity contribution in [3.05, 3.63) is 59.4 Å². The highest BCUT2D eigenvalue weighted by atomic mass is 32.1. The average molecular weight is 300 g/mol. The first-order valence-corrected chi connectivity index (χ1v) is 7.80. The lowest BCUT2D eigenvalue weighted by molar-refractivity contribution is 0.626. The van der Waals surface area contributed by atoms with Gasteiger partial charge in [-0.25, -0.2) is 9.37 Å². The number of para-hydroxylation sites is 1. The highest BCUT2D eigenvalue weighted by Crippen LogP contribution is 2.28. The van der Waals surface area contributed by atoms with Crippen LogP contribution in [0.1, 0.15) is 18.1 Å². The van der Waals surface area contributed by atoms with Crippen LogP contribution in [0.15, 0.2) is 42.5 Å². The highest BCUT2D eigenvalue weighted by molar-refractivity contribution is 7.22. The molecule has 0 fully saturated rings. The van der Waals surface area contributed by atoms with Crippen LogP contribution in [0.5, 0.6) is 0 Å². The number of halogens is 1. The van der Waals surface area contributed by atoms with Crippen LogP contribution >= 0.6 is 11.3 Å². The zero-order chi connectivity index (χ0) is 14.8. The second-order valence-corrected chi connectivity index (χ2v) is 6.35. The standard InChI is InChI=1S/C17H17FN2S/c1-11-4-3-5-15-16(11)20-17(21-15)19-12(2)10-13-6-8-14(18)9-7-13/h3-9,12H,10H2,1-2H3,(H,19,20). The van der Waals surface area contributed by atoms with E-state index in [-0.39, 0.29) is 11.9 Å². The van der Waals surface area contributed by atoms with Crippen LogP contribution in [0.25, 0.3) is 10.2 Å². The van der Waals surface area contributed by atoms with E-state index in [0.717, 1.165) is 22.6 Å². The number of rotatable bonds is 4. The fourth-order valence-electron chi connectivity index (χ4n) is 2.38. The zero-order valence-electron chi connectivity index (χ0n) is 12.1. The van der Waals surface area contributed by atoms with Crippen molar-refractivity contribution in [1.82, 2.24) is 4.98 Å². The normalized spacial score (nSPS) is 12.5. The SMILES string of the molecule is Cc1cccc2sc(NC(C)Cc3ccc(F)cc3)nc12. The fraction of sp³-hybridized carbons (Fsp3) is 0.235. The van der Waals surface area contributed by atoms with Crippen LogP contribution < -0.4 is 5.32 Å². The average Bonchev–Trinajstić information content (AvgIpc) is 2.85. The van der Waals surface area contributed by atoms with Gasteiger partial charge in [0.05, 0.1) is 10.2 Å². The zero-order valence-corrected chi connectivity index (χ0v) is 12.9. The smallest absolute Gasteiger partial charge is 0.184 e. The summed E-state index contributed by atoms with van der Waals surface area (Å²) in [7, 11) is 0. The third-order valence-corrected chi connectivity index (χ3v) is 4.40. The number of aryl methyl sites for hydroxylation is 1. The number of nitrogens with zero attached hydrogens (tertiary/aromatic N) is 1. The molecule has 1 atom stereocenters. The van der Waals surface area contributed by atoms with E-state index in [4.69, 9.17) is 0 Å². The summed E-state index contributed by atoms with van der Waals surface area (Å²) in [6, 6.07) is 13.1. The number of benzene rings is 2. The first-order chi connectivity index (χ1) is 10.1. The summed E-state index contributed by atoms with van der Waals surface area (Å²) in [5.74, 6) is -0.194. The first-order valence-electron chi connectivity index (χ1n) is 6.99. The van der Waals surface area contributed by atoms with Gasteiger partial charge in [0.2, 0.25) is 0 Å². The Balaban J connectivity index is 1.72. The predicted octanol–water partition coefficient (Wildman–Crippen LogP) is 4.79. The minimum atomic E-state index is -0.194. The molecule has 2 nitrogen and oxygen atoms in total. The van der Waals surface area contributed by atoms with Gasteiger partial charge in [-0.3, -0.25) is 0 Å². The lowest BCUT2D eigenvalue weighted by atomic mass is 10.1. The Morgan fingerprint density at radius 2 is 1.95 bits per heavy atom. The molecular weight excluding hydrogens is 283 g/mol. The molecule has 1 N–H and O–H groups in total. The molecule has 0 aliphatic carbocycles. The van der Waals surface area contributed by atoms with Crippen LogP contribution in [-0.4, -0.2) is 11.0 Å². The molecule has 1 unspecified atom stereocenters. The summed E-state index contributed by atoms with van der Waals surface area (Å²) < 4.78 is 14.1. The molecule has 3 aromatic rings. The minimum absolute atomic E-state index is 0.194. The topological polar surface area (TPSA) is 24.9 Å². The number of hydrogen-bond donors (Lipinski definition) is 1. The third-order valence-electron chi connectivity index (χ3n) is 3.45. The van der Waals surface area contributed by atoms with Gasteiger partial charge in [0, 0.05) is 6.04 Å². The number of anilines is 1. The Labute approximate surface area is 127 Å². The maximum Gasteiger partial charge on any atom is 0.184 e. The van der Waals surface area contributed by atoms with E-state index in [2.05, 4.69) is 42.3 Å². The van der Waals surface area contributed by atoms with E-state index in [1.807, 2.05) is 12.1 Å². The molecule has 0 spiro atoms. The molecule has 0 amide bonds. The van der Waals surface area contributed by atoms with Crippen molar-refractivity contribution in [3.63, 3.8) is 0 Å². The van der Waals surface area contributed by atoms with Crippen molar-refractivity contribution >= 4 is 26.7 Å². The molecule has 1 aromatic heterocycles. The Hall–Kier alpha value is -1.94. The van der Waals surface area contributed by atoms with Gasteiger partial charge in [0.15, 0.2) is 5.13 Å². The fourth-order valence-corrected chi connectivity index (χ4v) is 3.44. The Morgan fingerprint density at radius 1 is 1.19 bits per heavy atom. The van der Waals surface area contributed by atoms with Gasteiger partial charge in [-0.15, -0.1) is 0 Å². The summed E-state index contributed by atoms with van der Waals surface area (Å²) in [5, 5.41) is 4.37. The molecule has 0 aliphatic heterocycles. The van der Waals surface area contributed by atoms with Gasteiger partial charge in [-0.05, 0) is 49.6 Å². The molecule has 0 bridgehead atoms. The molecule has 0 radical (unpaired) electrons. The second-order valence-electron chi connectivity index (χ2n) is 5.32. The van der Waals surface area contributed by atoms with E-state index in [0.29, 0.717) is 0 Å². The van der Waals surface area contributed by atoms with Crippen LogP contribution in [0.3, 0.4) is 0 Å². The molecule has 21 heavy (non-hydrogen) atoms. The first kappa shape index (κ1) is 14.0. The van der Waals surface area contributed by atoms with Crippen LogP contribution in [-0.2, 0) is 6.42 Å². The van der Waals surface area contributed by atoms with Crippen LogP contribution in [0.4, 0.5) is 9.52 Å². The van der Waals surface area contributed by atoms with Crippen LogP contribution in [0, 0.1) is 12.7 Å². The largest absolute Gasteiger partial charge is 0.359 e. The van der Waals surface area contributed by atoms with Gasteiger partial charge in [-0.2, -0.15) is 0 Å². The molecule has 108 valence electrons. The van der Waals surface area contributed by atoms with Gasteiger partial charge in [0.1, 0.15) is 5.82 Å². The lowest BCUT2D eigenvalue weighted by Crippen LogP contribution is -2.17. The summed E-state index contributed by atoms with van der Waals surface area (Å²) in [5.41, 5.74) is 3.38. The Morgan fingerprint density at radius 3 is 2.67 bits per heavy atom. The Kier molecular flexibility index (Phi) is 3.88. The van der Waals surface area contributed by atoms with E-state index >= 15 is 0 Å². The van der Waals surface area contributed by atoms with Crippen molar-refractivity contribution in [1.29, 1.82) is 0 Å². The van der Waals surface area contributed by atoms with Crippen molar-refractivity contribution in [3.8, 4) is 0 Å². The summed E-state index contributed by atoms with van der Waals surface area (Å²) >= 11 is 1.67. The number of fused-ring (bicyclic) bond motifs is 1. The predicted molar refractivity (Wildman–Crippen MR) is 87.5 cm³/mol. The van der Waals surface area contributed by atoms with E-state index < -0.39 is 0 Å². The highest BCUT2D eigenvalue weighted by Gasteiger charge is 2.09. The van der Waals surface area contributed by atoms with Gasteiger partial charge in [0.25, 0.3) is 0 Å². The summed E-state index contributed by atoms with van der Waals surface area (Å²) in [6.07, 6.45) is 0.842. The molecule has 2 aromatic carbocycles. The molecule has 1 heterocycles. The molecular formula is C17H17FN2S. The molecule has 0 saturated heterocycles. The maximum absolute atomic E-state index is 12.9. The van der Waals surface area contributed by atoms with Crippen molar-refractivity contribution in [2.75, 3.05) is 5.32 Å². The van der Waals surface area contributed by atoms with Gasteiger partial charge < -0.3 is 5.32 Å². The third kappa shape index (κ3) is 3.22. The summed E-state index contributed by atoms with van der Waals surface area (Å²) in [6.45, 7) is 4.19. The molecule has 0 aliphatic rings. The molecule has 3 rings (SSSR count). The monoisotopic (exact) mass is 300 g/mol. The summed E-state index contributed by atoms with van der Waals surface area (Å²) in [4.78, 5) is 4.66. The number of thiazole rings is 1. The van der Waals surface area contributed by atoms with Crippen LogP contribution in [0.2, 0.25) is 0 Å². The van der Waals surface area contributed by atoms with Gasteiger partial charge >= 0.3 is 0 Å². The minimum Gasteiger partial charge on any atom is -0.359 e. The lowest BCUT2D eigenvalue weighted by Gasteiger charge is -2.12.